The van der Waals surface area contributed by atoms with E-state index in [1.54, 1.807) is 0 Å². The van der Waals surface area contributed by atoms with Gasteiger partial charge < -0.3 is 16.8 Å². The maximum Gasteiger partial charge on any atom is 0.167 e. The molecule has 1 rings (SSSR count). The van der Waals surface area contributed by atoms with Crippen LogP contribution in [0.1, 0.15) is 12.1 Å². The first-order chi connectivity index (χ1) is 6.74. The summed E-state index contributed by atoms with van der Waals surface area (Å²) >= 11 is 0. The molecule has 14 heavy (non-hydrogen) atoms. The maximum atomic E-state index is 5.47. The lowest BCUT2D eigenvalue weighted by Gasteiger charge is -1.96. The standard InChI is InChI=1S/C9H13N5/c1-12-5-3-2-4-7-6-13-8(10)9(11)14-7/h6,12H,3,5H2,1H3,(H2,10,13)(H2,11,14). The third-order valence-electron chi connectivity index (χ3n) is 1.55. The van der Waals surface area contributed by atoms with Gasteiger partial charge in [0.25, 0.3) is 0 Å². The number of rotatable bonds is 2. The molecule has 0 radical (unpaired) electrons. The van der Waals surface area contributed by atoms with Crippen molar-refractivity contribution in [2.45, 2.75) is 6.42 Å². The third-order valence-corrected chi connectivity index (χ3v) is 1.55. The van der Waals surface area contributed by atoms with Crippen LogP contribution in [0, 0.1) is 11.8 Å². The van der Waals surface area contributed by atoms with Gasteiger partial charge in [0.05, 0.1) is 6.20 Å². The topological polar surface area (TPSA) is 89.8 Å². The van der Waals surface area contributed by atoms with Gasteiger partial charge in [0, 0.05) is 13.0 Å². The Kier molecular flexibility index (Phi) is 3.70. The molecule has 5 N–H and O–H groups in total. The average molecular weight is 191 g/mol. The maximum absolute atomic E-state index is 5.47. The summed E-state index contributed by atoms with van der Waals surface area (Å²) in [4.78, 5) is 7.82. The molecule has 0 saturated carbocycles. The summed E-state index contributed by atoms with van der Waals surface area (Å²) in [6.07, 6.45) is 2.28. The number of nitrogens with two attached hydrogens (primary N) is 2. The highest BCUT2D eigenvalue weighted by Crippen LogP contribution is 2.05. The number of anilines is 2. The van der Waals surface area contributed by atoms with E-state index in [0.717, 1.165) is 13.0 Å². The predicted octanol–water partition coefficient (Wildman–Crippen LogP) is -0.398. The number of nitrogens with one attached hydrogen (secondary N) is 1. The Bertz CT molecular complexity index is 363. The molecule has 1 aromatic rings. The number of hydrogen-bond donors (Lipinski definition) is 3. The molecule has 5 heteroatoms. The normalized spacial score (nSPS) is 9.21. The van der Waals surface area contributed by atoms with Crippen LogP contribution >= 0.6 is 0 Å². The fraction of sp³-hybridized carbons (Fsp3) is 0.333. The minimum Gasteiger partial charge on any atom is -0.381 e. The first-order valence-electron chi connectivity index (χ1n) is 4.25. The van der Waals surface area contributed by atoms with Gasteiger partial charge >= 0.3 is 0 Å². The molecule has 74 valence electrons. The number of nitrogens with zero attached hydrogens (tertiary/aromatic N) is 2. The van der Waals surface area contributed by atoms with Gasteiger partial charge in [-0.3, -0.25) is 0 Å². The number of aromatic nitrogens is 2. The molecule has 0 aliphatic carbocycles. The molecule has 1 heterocycles. The van der Waals surface area contributed by atoms with Gasteiger partial charge in [-0.05, 0) is 13.0 Å². The molecular weight excluding hydrogens is 178 g/mol. The van der Waals surface area contributed by atoms with Crippen molar-refractivity contribution in [1.29, 1.82) is 0 Å². The van der Waals surface area contributed by atoms with Crippen molar-refractivity contribution in [3.05, 3.63) is 11.9 Å². The summed E-state index contributed by atoms with van der Waals surface area (Å²) in [5.41, 5.74) is 11.4. The van der Waals surface area contributed by atoms with Gasteiger partial charge in [-0.15, -0.1) is 0 Å². The van der Waals surface area contributed by atoms with Gasteiger partial charge in [0.15, 0.2) is 11.6 Å². The minimum absolute atomic E-state index is 0.227. The van der Waals surface area contributed by atoms with Crippen LogP contribution in [0.15, 0.2) is 6.20 Å². The molecule has 0 fully saturated rings. The molecule has 0 atom stereocenters. The van der Waals surface area contributed by atoms with Crippen molar-refractivity contribution in [1.82, 2.24) is 15.3 Å². The average Bonchev–Trinajstić information content (AvgIpc) is 2.18. The molecule has 0 unspecified atom stereocenters. The highest BCUT2D eigenvalue weighted by Gasteiger charge is 1.96. The smallest absolute Gasteiger partial charge is 0.167 e. The summed E-state index contributed by atoms with van der Waals surface area (Å²) in [7, 11) is 1.88. The van der Waals surface area contributed by atoms with Crippen LogP contribution < -0.4 is 16.8 Å². The van der Waals surface area contributed by atoms with Crippen LogP contribution in [0.5, 0.6) is 0 Å². The van der Waals surface area contributed by atoms with E-state index in [0.29, 0.717) is 5.69 Å². The molecule has 0 aliphatic rings. The zero-order valence-electron chi connectivity index (χ0n) is 8.04. The van der Waals surface area contributed by atoms with Crippen molar-refractivity contribution in [2.75, 3.05) is 25.1 Å². The Hall–Kier alpha value is -1.80. The van der Waals surface area contributed by atoms with Crippen LogP contribution in [0.25, 0.3) is 0 Å². The first-order valence-corrected chi connectivity index (χ1v) is 4.25. The molecule has 0 spiro atoms. The fourth-order valence-corrected chi connectivity index (χ4v) is 0.814. The van der Waals surface area contributed by atoms with Crippen molar-refractivity contribution in [3.63, 3.8) is 0 Å². The van der Waals surface area contributed by atoms with Crippen molar-refractivity contribution in [2.24, 2.45) is 0 Å². The van der Waals surface area contributed by atoms with Crippen molar-refractivity contribution < 1.29 is 0 Å². The SMILES string of the molecule is CNCCC#Cc1cnc(N)c(N)n1. The second kappa shape index (κ2) is 5.04. The first kappa shape index (κ1) is 10.3. The minimum atomic E-state index is 0.227. The summed E-state index contributed by atoms with van der Waals surface area (Å²) in [5, 5.41) is 2.99. The Balaban J connectivity index is 2.66. The molecule has 5 nitrogen and oxygen atoms in total. The van der Waals surface area contributed by atoms with Crippen LogP contribution in [0.3, 0.4) is 0 Å². The van der Waals surface area contributed by atoms with E-state index in [2.05, 4.69) is 27.1 Å². The molecule has 0 aliphatic heterocycles. The van der Waals surface area contributed by atoms with Gasteiger partial charge in [0.1, 0.15) is 5.69 Å². The monoisotopic (exact) mass is 191 g/mol. The third kappa shape index (κ3) is 2.92. The largest absolute Gasteiger partial charge is 0.381 e. The van der Waals surface area contributed by atoms with E-state index < -0.39 is 0 Å². The summed E-state index contributed by atoms with van der Waals surface area (Å²) in [5.74, 6) is 6.25. The molecule has 0 bridgehead atoms. The lowest BCUT2D eigenvalue weighted by Crippen LogP contribution is -2.06. The van der Waals surface area contributed by atoms with Gasteiger partial charge in [-0.25, -0.2) is 9.97 Å². The quantitative estimate of drug-likeness (QED) is 0.437. The van der Waals surface area contributed by atoms with E-state index in [-0.39, 0.29) is 11.6 Å². The van der Waals surface area contributed by atoms with Gasteiger partial charge in [-0.2, -0.15) is 0 Å². The second-order valence-electron chi connectivity index (χ2n) is 2.68. The number of nitrogen functional groups attached to an aromatic ring is 2. The fourth-order valence-electron chi connectivity index (χ4n) is 0.814. The Morgan fingerprint density at radius 1 is 1.43 bits per heavy atom. The Morgan fingerprint density at radius 2 is 2.21 bits per heavy atom. The zero-order chi connectivity index (χ0) is 10.4. The van der Waals surface area contributed by atoms with Crippen LogP contribution in [0.2, 0.25) is 0 Å². The molecule has 0 saturated heterocycles. The van der Waals surface area contributed by atoms with E-state index in [4.69, 9.17) is 11.5 Å². The van der Waals surface area contributed by atoms with Crippen molar-refractivity contribution in [3.8, 4) is 11.8 Å². The highest BCUT2D eigenvalue weighted by atomic mass is 15.0. The van der Waals surface area contributed by atoms with E-state index >= 15 is 0 Å². The highest BCUT2D eigenvalue weighted by molar-refractivity contribution is 5.52. The van der Waals surface area contributed by atoms with Crippen LogP contribution in [-0.2, 0) is 0 Å². The molecule has 0 amide bonds. The second-order valence-corrected chi connectivity index (χ2v) is 2.68. The molecule has 0 aromatic carbocycles. The van der Waals surface area contributed by atoms with E-state index in [1.807, 2.05) is 7.05 Å². The lowest BCUT2D eigenvalue weighted by molar-refractivity contribution is 0.818. The predicted molar refractivity (Wildman–Crippen MR) is 56.3 cm³/mol. The van der Waals surface area contributed by atoms with Crippen molar-refractivity contribution >= 4 is 11.6 Å². The van der Waals surface area contributed by atoms with Crippen LogP contribution in [-0.4, -0.2) is 23.6 Å². The van der Waals surface area contributed by atoms with Crippen LogP contribution in [0.4, 0.5) is 11.6 Å². The summed E-state index contributed by atoms with van der Waals surface area (Å²) in [6, 6.07) is 0. The Labute approximate surface area is 82.9 Å². The molecular formula is C9H13N5. The summed E-state index contributed by atoms with van der Waals surface area (Å²) < 4.78 is 0. The van der Waals surface area contributed by atoms with E-state index in [1.165, 1.54) is 6.20 Å². The van der Waals surface area contributed by atoms with E-state index in [9.17, 15) is 0 Å². The zero-order valence-corrected chi connectivity index (χ0v) is 8.04. The Morgan fingerprint density at radius 3 is 2.86 bits per heavy atom. The van der Waals surface area contributed by atoms with Gasteiger partial charge in [-0.1, -0.05) is 5.92 Å². The molecule has 1 aromatic heterocycles. The van der Waals surface area contributed by atoms with Gasteiger partial charge in [0.2, 0.25) is 0 Å². The summed E-state index contributed by atoms with van der Waals surface area (Å²) in [6.45, 7) is 0.852. The lowest BCUT2D eigenvalue weighted by atomic mass is 10.3. The number of hydrogen-bond acceptors (Lipinski definition) is 5.